The van der Waals surface area contributed by atoms with Crippen molar-refractivity contribution in [3.8, 4) is 5.75 Å². The lowest BCUT2D eigenvalue weighted by molar-refractivity contribution is 0.0162. The molecule has 1 amide bonds. The lowest BCUT2D eigenvalue weighted by Crippen LogP contribution is -2.43. The van der Waals surface area contributed by atoms with Crippen molar-refractivity contribution in [3.05, 3.63) is 18.3 Å². The van der Waals surface area contributed by atoms with E-state index in [1.807, 2.05) is 48.7 Å². The Morgan fingerprint density at radius 2 is 2.08 bits per heavy atom. The summed E-state index contributed by atoms with van der Waals surface area (Å²) in [4.78, 5) is 14.3. The number of nitrogens with two attached hydrogens (primary N) is 1. The first-order chi connectivity index (χ1) is 12.2. The van der Waals surface area contributed by atoms with E-state index < -0.39 is 5.60 Å². The van der Waals surface area contributed by atoms with Gasteiger partial charge in [0.1, 0.15) is 11.4 Å². The third kappa shape index (κ3) is 2.85. The number of piperidine rings is 1. The van der Waals surface area contributed by atoms with E-state index in [1.165, 1.54) is 0 Å². The van der Waals surface area contributed by atoms with Crippen LogP contribution in [0.1, 0.15) is 39.7 Å². The molecular weight excluding hydrogens is 332 g/mol. The smallest absolute Gasteiger partial charge is 0.410 e. The lowest BCUT2D eigenvalue weighted by Gasteiger charge is -2.33. The Labute approximate surface area is 153 Å². The standard InChI is InChI=1S/C19H26N4O3/c1-19(2,3)26-18(24)22-9-12-5-13(22)7-16(12)23-10-11-6-14(20)17(25-4)8-15(11)21-23/h6,8,10,12-13,16H,5,7,9,20H2,1-4H3/t12-,13-,16-/m0/s1. The number of amides is 1. The monoisotopic (exact) mass is 358 g/mol. The van der Waals surface area contributed by atoms with Gasteiger partial charge in [0.15, 0.2) is 0 Å². The van der Waals surface area contributed by atoms with Gasteiger partial charge in [0.2, 0.25) is 0 Å². The Morgan fingerprint density at radius 3 is 2.69 bits per heavy atom. The molecule has 0 spiro atoms. The molecule has 2 aromatic rings. The lowest BCUT2D eigenvalue weighted by atomic mass is 10.0. The Bertz CT molecular complexity index is 854. The van der Waals surface area contributed by atoms with Crippen LogP contribution in [0.25, 0.3) is 10.9 Å². The molecule has 7 nitrogen and oxygen atoms in total. The Kier molecular flexibility index (Phi) is 3.78. The molecule has 1 aromatic carbocycles. The van der Waals surface area contributed by atoms with Crippen molar-refractivity contribution < 1.29 is 14.3 Å². The fourth-order valence-corrected chi connectivity index (χ4v) is 4.23. The summed E-state index contributed by atoms with van der Waals surface area (Å²) in [6.45, 7) is 6.43. The summed E-state index contributed by atoms with van der Waals surface area (Å²) in [5.41, 5.74) is 7.03. The van der Waals surface area contributed by atoms with E-state index in [2.05, 4.69) is 0 Å². The maximum atomic E-state index is 12.4. The molecule has 7 heteroatoms. The van der Waals surface area contributed by atoms with Crippen LogP contribution >= 0.6 is 0 Å². The molecule has 0 radical (unpaired) electrons. The number of carbonyl (C=O) groups is 1. The fraction of sp³-hybridized carbons (Fsp3) is 0.579. The average Bonchev–Trinajstić information content (AvgIpc) is 3.24. The number of carbonyl (C=O) groups excluding carboxylic acids is 1. The number of nitrogens with zero attached hydrogens (tertiary/aromatic N) is 3. The van der Waals surface area contributed by atoms with Crippen molar-refractivity contribution in [2.24, 2.45) is 5.92 Å². The first kappa shape index (κ1) is 17.0. The van der Waals surface area contributed by atoms with E-state index in [1.54, 1.807) is 7.11 Å². The van der Waals surface area contributed by atoms with Crippen molar-refractivity contribution in [3.63, 3.8) is 0 Å². The number of ether oxygens (including phenoxy) is 2. The second kappa shape index (κ2) is 5.79. The van der Waals surface area contributed by atoms with Crippen molar-refractivity contribution in [2.75, 3.05) is 19.4 Å². The summed E-state index contributed by atoms with van der Waals surface area (Å²) in [6.07, 6.45) is 3.76. The van der Waals surface area contributed by atoms with Crippen LogP contribution in [0.3, 0.4) is 0 Å². The third-order valence-electron chi connectivity index (χ3n) is 5.35. The van der Waals surface area contributed by atoms with Crippen LogP contribution in [0.4, 0.5) is 10.5 Å². The normalized spacial score (nSPS) is 25.1. The Hall–Kier alpha value is -2.44. The number of hydrogen-bond acceptors (Lipinski definition) is 5. The quantitative estimate of drug-likeness (QED) is 0.834. The van der Waals surface area contributed by atoms with E-state index in [4.69, 9.17) is 20.3 Å². The van der Waals surface area contributed by atoms with Gasteiger partial charge >= 0.3 is 6.09 Å². The number of rotatable bonds is 2. The summed E-state index contributed by atoms with van der Waals surface area (Å²) >= 11 is 0. The Morgan fingerprint density at radius 1 is 1.31 bits per heavy atom. The van der Waals surface area contributed by atoms with Crippen molar-refractivity contribution >= 4 is 22.7 Å². The van der Waals surface area contributed by atoms with Gasteiger partial charge in [-0.1, -0.05) is 0 Å². The molecular formula is C19H26N4O3. The summed E-state index contributed by atoms with van der Waals surface area (Å²) in [6, 6.07) is 4.31. The first-order valence-corrected chi connectivity index (χ1v) is 9.07. The molecule has 1 aromatic heterocycles. The largest absolute Gasteiger partial charge is 0.495 e. The van der Waals surface area contributed by atoms with Gasteiger partial charge in [-0.3, -0.25) is 4.68 Å². The van der Waals surface area contributed by atoms with Crippen LogP contribution in [-0.2, 0) is 4.74 Å². The number of fused-ring (bicyclic) bond motifs is 3. The molecule has 1 aliphatic heterocycles. The SMILES string of the molecule is COc1cc2nn([C@H]3C[C@@H]4C[C@H]3CN4C(=O)OC(C)(C)C)cc2cc1N. The number of nitrogen functional groups attached to an aromatic ring is 1. The number of aromatic nitrogens is 2. The van der Waals surface area contributed by atoms with Crippen LogP contribution in [0.5, 0.6) is 5.75 Å². The molecule has 4 rings (SSSR count). The van der Waals surface area contributed by atoms with Crippen LogP contribution in [0, 0.1) is 5.92 Å². The first-order valence-electron chi connectivity index (χ1n) is 9.07. The third-order valence-corrected chi connectivity index (χ3v) is 5.35. The molecule has 140 valence electrons. The number of likely N-dealkylation sites (tertiary alicyclic amines) is 1. The van der Waals surface area contributed by atoms with Crippen LogP contribution in [-0.4, -0.2) is 46.1 Å². The minimum atomic E-state index is -0.461. The zero-order valence-electron chi connectivity index (χ0n) is 15.7. The minimum absolute atomic E-state index is 0.202. The van der Waals surface area contributed by atoms with Gasteiger partial charge in [-0.05, 0) is 39.7 Å². The fourth-order valence-electron chi connectivity index (χ4n) is 4.23. The molecule has 1 saturated heterocycles. The minimum Gasteiger partial charge on any atom is -0.495 e. The van der Waals surface area contributed by atoms with Crippen LogP contribution in [0.2, 0.25) is 0 Å². The summed E-state index contributed by atoms with van der Waals surface area (Å²) < 4.78 is 12.9. The summed E-state index contributed by atoms with van der Waals surface area (Å²) in [5.74, 6) is 1.05. The van der Waals surface area contributed by atoms with Gasteiger partial charge in [-0.25, -0.2) is 4.79 Å². The molecule has 2 aliphatic rings. The predicted molar refractivity (Wildman–Crippen MR) is 99.2 cm³/mol. The number of methoxy groups -OCH3 is 1. The zero-order valence-corrected chi connectivity index (χ0v) is 15.7. The summed E-state index contributed by atoms with van der Waals surface area (Å²) in [5, 5.41) is 5.75. The number of hydrogen-bond donors (Lipinski definition) is 1. The zero-order chi connectivity index (χ0) is 18.6. The van der Waals surface area contributed by atoms with Crippen LogP contribution < -0.4 is 10.5 Å². The van der Waals surface area contributed by atoms with Crippen molar-refractivity contribution in [1.82, 2.24) is 14.7 Å². The number of anilines is 1. The highest BCUT2D eigenvalue weighted by molar-refractivity contribution is 5.84. The van der Waals surface area contributed by atoms with Gasteiger partial charge in [0, 0.05) is 36.2 Å². The number of benzene rings is 1. The van der Waals surface area contributed by atoms with Crippen molar-refractivity contribution in [2.45, 2.75) is 51.3 Å². The topological polar surface area (TPSA) is 82.6 Å². The highest BCUT2D eigenvalue weighted by Gasteiger charge is 2.48. The van der Waals surface area contributed by atoms with Gasteiger partial charge < -0.3 is 20.1 Å². The van der Waals surface area contributed by atoms with E-state index in [0.29, 0.717) is 23.4 Å². The van der Waals surface area contributed by atoms with E-state index in [-0.39, 0.29) is 12.1 Å². The second-order valence-corrected chi connectivity index (χ2v) is 8.35. The van der Waals surface area contributed by atoms with Gasteiger partial charge in [0.05, 0.1) is 24.4 Å². The second-order valence-electron chi connectivity index (χ2n) is 8.35. The van der Waals surface area contributed by atoms with Crippen LogP contribution in [0.15, 0.2) is 18.3 Å². The highest BCUT2D eigenvalue weighted by atomic mass is 16.6. The maximum Gasteiger partial charge on any atom is 0.410 e. The van der Waals surface area contributed by atoms with Gasteiger partial charge in [-0.15, -0.1) is 0 Å². The molecule has 2 bridgehead atoms. The molecule has 0 unspecified atom stereocenters. The highest BCUT2D eigenvalue weighted by Crippen LogP contribution is 2.45. The summed E-state index contributed by atoms with van der Waals surface area (Å²) in [7, 11) is 1.61. The molecule has 2 fully saturated rings. The molecule has 26 heavy (non-hydrogen) atoms. The molecule has 1 aliphatic carbocycles. The van der Waals surface area contributed by atoms with Gasteiger partial charge in [0.25, 0.3) is 0 Å². The predicted octanol–water partition coefficient (Wildman–Crippen LogP) is 3.20. The van der Waals surface area contributed by atoms with Crippen molar-refractivity contribution in [1.29, 1.82) is 0 Å². The van der Waals surface area contributed by atoms with E-state index >= 15 is 0 Å². The molecule has 2 N–H and O–H groups in total. The Balaban J connectivity index is 1.52. The van der Waals surface area contributed by atoms with Gasteiger partial charge in [-0.2, -0.15) is 5.10 Å². The molecule has 1 saturated carbocycles. The molecule has 3 atom stereocenters. The average molecular weight is 358 g/mol. The maximum absolute atomic E-state index is 12.4. The van der Waals surface area contributed by atoms with E-state index in [0.717, 1.165) is 30.3 Å². The van der Waals surface area contributed by atoms with E-state index in [9.17, 15) is 4.79 Å². The molecule has 2 heterocycles.